The molecule has 0 atom stereocenters. The van der Waals surface area contributed by atoms with Gasteiger partial charge < -0.3 is 14.2 Å². The van der Waals surface area contributed by atoms with Crippen molar-refractivity contribution in [3.8, 4) is 17.1 Å². The molecule has 0 radical (unpaired) electrons. The lowest BCUT2D eigenvalue weighted by Gasteiger charge is -2.11. The lowest BCUT2D eigenvalue weighted by molar-refractivity contribution is 0.0940. The molecule has 0 aliphatic carbocycles. The normalized spacial score (nSPS) is 10.9. The maximum atomic E-state index is 12.9. The molecule has 6 heteroatoms. The van der Waals surface area contributed by atoms with Gasteiger partial charge in [-0.3, -0.25) is 4.79 Å². The van der Waals surface area contributed by atoms with Crippen molar-refractivity contribution in [2.75, 3.05) is 0 Å². The van der Waals surface area contributed by atoms with E-state index in [2.05, 4.69) is 16.5 Å². The number of furan rings is 2. The summed E-state index contributed by atoms with van der Waals surface area (Å²) in [5.74, 6) is 1.06. The minimum atomic E-state index is -0.239. The number of rotatable bonds is 5. The van der Waals surface area contributed by atoms with Gasteiger partial charge in [0.25, 0.3) is 5.91 Å². The Hall–Kier alpha value is -3.54. The number of carbonyl (C=O) groups excluding carboxylic acids is 1. The van der Waals surface area contributed by atoms with Gasteiger partial charge in [-0.25, -0.2) is 4.68 Å². The fourth-order valence-electron chi connectivity index (χ4n) is 2.99. The summed E-state index contributed by atoms with van der Waals surface area (Å²) in [5, 5.41) is 7.49. The first-order valence-corrected chi connectivity index (χ1v) is 8.64. The molecule has 0 spiro atoms. The van der Waals surface area contributed by atoms with Crippen molar-refractivity contribution in [3.63, 3.8) is 0 Å². The Bertz CT molecular complexity index is 1060. The van der Waals surface area contributed by atoms with Crippen molar-refractivity contribution in [2.24, 2.45) is 0 Å². The van der Waals surface area contributed by atoms with Gasteiger partial charge in [0.2, 0.25) is 0 Å². The lowest BCUT2D eigenvalue weighted by atomic mass is 10.1. The van der Waals surface area contributed by atoms with Crippen LogP contribution in [0.3, 0.4) is 0 Å². The number of amides is 1. The van der Waals surface area contributed by atoms with Crippen molar-refractivity contribution in [2.45, 2.75) is 20.4 Å². The Balaban J connectivity index is 1.73. The highest BCUT2D eigenvalue weighted by molar-refractivity contribution is 5.94. The molecule has 0 saturated carbocycles. The van der Waals surface area contributed by atoms with Crippen LogP contribution < -0.4 is 5.32 Å². The molecular weight excluding hydrogens is 342 g/mol. The Morgan fingerprint density at radius 2 is 1.89 bits per heavy atom. The van der Waals surface area contributed by atoms with Gasteiger partial charge in [0.15, 0.2) is 5.76 Å². The van der Waals surface area contributed by atoms with Gasteiger partial charge in [0.05, 0.1) is 24.8 Å². The van der Waals surface area contributed by atoms with E-state index in [-0.39, 0.29) is 5.91 Å². The number of hydrogen-bond acceptors (Lipinski definition) is 4. The van der Waals surface area contributed by atoms with Crippen LogP contribution in [-0.4, -0.2) is 15.7 Å². The SMILES string of the molecule is Cc1ccc(-n2nc(-c3ccco3)cc2C(=O)NCc2ccco2)c(C)c1. The predicted molar refractivity (Wildman–Crippen MR) is 101 cm³/mol. The van der Waals surface area contributed by atoms with Crippen molar-refractivity contribution < 1.29 is 13.6 Å². The molecule has 1 N–H and O–H groups in total. The van der Waals surface area contributed by atoms with Crippen LogP contribution in [-0.2, 0) is 6.54 Å². The minimum absolute atomic E-state index is 0.239. The van der Waals surface area contributed by atoms with Crippen molar-refractivity contribution in [3.05, 3.63) is 83.6 Å². The van der Waals surface area contributed by atoms with Crippen LogP contribution in [0.2, 0.25) is 0 Å². The summed E-state index contributed by atoms with van der Waals surface area (Å²) in [7, 11) is 0. The standard InChI is InChI=1S/C21H19N3O3/c1-14-7-8-18(15(2)11-14)24-19(12-17(23-24)20-6-4-10-27-20)21(25)22-13-16-5-3-9-26-16/h3-12H,13H2,1-2H3,(H,22,25). The van der Waals surface area contributed by atoms with Crippen LogP contribution in [0.1, 0.15) is 27.4 Å². The highest BCUT2D eigenvalue weighted by atomic mass is 16.3. The highest BCUT2D eigenvalue weighted by Gasteiger charge is 2.20. The van der Waals surface area contributed by atoms with E-state index in [0.717, 1.165) is 16.8 Å². The number of hydrogen-bond donors (Lipinski definition) is 1. The molecule has 0 bridgehead atoms. The van der Waals surface area contributed by atoms with Crippen LogP contribution in [0.25, 0.3) is 17.1 Å². The largest absolute Gasteiger partial charge is 0.467 e. The van der Waals surface area contributed by atoms with E-state index >= 15 is 0 Å². The first kappa shape index (κ1) is 16.9. The molecule has 4 aromatic rings. The van der Waals surface area contributed by atoms with E-state index in [9.17, 15) is 4.79 Å². The Labute approximate surface area is 156 Å². The minimum Gasteiger partial charge on any atom is -0.467 e. The molecule has 1 aromatic carbocycles. The molecule has 6 nitrogen and oxygen atoms in total. The first-order valence-electron chi connectivity index (χ1n) is 8.64. The number of nitrogens with one attached hydrogen (secondary N) is 1. The summed E-state index contributed by atoms with van der Waals surface area (Å²) in [6, 6.07) is 15.0. The second-order valence-electron chi connectivity index (χ2n) is 6.36. The Morgan fingerprint density at radius 1 is 1.07 bits per heavy atom. The molecule has 0 saturated heterocycles. The van der Waals surface area contributed by atoms with Gasteiger partial charge in [-0.05, 0) is 49.7 Å². The van der Waals surface area contributed by atoms with Crippen LogP contribution in [0.4, 0.5) is 0 Å². The van der Waals surface area contributed by atoms with Crippen LogP contribution in [0.15, 0.2) is 69.9 Å². The summed E-state index contributed by atoms with van der Waals surface area (Å²) in [5.41, 5.74) is 4.06. The fourth-order valence-corrected chi connectivity index (χ4v) is 2.99. The van der Waals surface area contributed by atoms with E-state index in [1.807, 2.05) is 38.1 Å². The molecule has 0 fully saturated rings. The molecule has 27 heavy (non-hydrogen) atoms. The second-order valence-corrected chi connectivity index (χ2v) is 6.36. The monoisotopic (exact) mass is 361 g/mol. The van der Waals surface area contributed by atoms with Crippen LogP contribution in [0, 0.1) is 13.8 Å². The molecule has 0 aliphatic heterocycles. The smallest absolute Gasteiger partial charge is 0.270 e. The van der Waals surface area contributed by atoms with Gasteiger partial charge in [-0.15, -0.1) is 0 Å². The summed E-state index contributed by atoms with van der Waals surface area (Å²) >= 11 is 0. The summed E-state index contributed by atoms with van der Waals surface area (Å²) in [6.45, 7) is 4.34. The average Bonchev–Trinajstić information content (AvgIpc) is 3.39. The van der Waals surface area contributed by atoms with E-state index in [4.69, 9.17) is 8.83 Å². The third-order valence-corrected chi connectivity index (χ3v) is 4.30. The molecule has 4 rings (SSSR count). The van der Waals surface area contributed by atoms with Crippen molar-refractivity contribution in [1.82, 2.24) is 15.1 Å². The number of aryl methyl sites for hydroxylation is 2. The molecule has 0 unspecified atom stereocenters. The Kier molecular flexibility index (Phi) is 4.38. The fraction of sp³-hybridized carbons (Fsp3) is 0.143. The average molecular weight is 361 g/mol. The topological polar surface area (TPSA) is 73.2 Å². The molecule has 136 valence electrons. The summed E-state index contributed by atoms with van der Waals surface area (Å²) in [6.07, 6.45) is 3.17. The van der Waals surface area contributed by atoms with Gasteiger partial charge >= 0.3 is 0 Å². The van der Waals surface area contributed by atoms with E-state index in [1.165, 1.54) is 0 Å². The number of aromatic nitrogens is 2. The third kappa shape index (κ3) is 3.42. The quantitative estimate of drug-likeness (QED) is 0.576. The zero-order valence-corrected chi connectivity index (χ0v) is 15.1. The lowest BCUT2D eigenvalue weighted by Crippen LogP contribution is -2.25. The van der Waals surface area contributed by atoms with Gasteiger partial charge in [0, 0.05) is 6.07 Å². The summed E-state index contributed by atoms with van der Waals surface area (Å²) < 4.78 is 12.4. The predicted octanol–water partition coefficient (Wildman–Crippen LogP) is 4.27. The zero-order chi connectivity index (χ0) is 18.8. The second kappa shape index (κ2) is 6.99. The molecule has 0 aliphatic rings. The summed E-state index contributed by atoms with van der Waals surface area (Å²) in [4.78, 5) is 12.9. The number of nitrogens with zero attached hydrogens (tertiary/aromatic N) is 2. The van der Waals surface area contributed by atoms with Gasteiger partial charge in [0.1, 0.15) is 17.1 Å². The van der Waals surface area contributed by atoms with E-state index < -0.39 is 0 Å². The van der Waals surface area contributed by atoms with Crippen LogP contribution >= 0.6 is 0 Å². The molecular formula is C21H19N3O3. The zero-order valence-electron chi connectivity index (χ0n) is 15.1. The third-order valence-electron chi connectivity index (χ3n) is 4.30. The number of carbonyl (C=O) groups is 1. The van der Waals surface area contributed by atoms with E-state index in [1.54, 1.807) is 35.4 Å². The van der Waals surface area contributed by atoms with E-state index in [0.29, 0.717) is 29.5 Å². The maximum absolute atomic E-state index is 12.9. The molecule has 3 heterocycles. The van der Waals surface area contributed by atoms with Gasteiger partial charge in [-0.1, -0.05) is 17.7 Å². The van der Waals surface area contributed by atoms with Crippen molar-refractivity contribution in [1.29, 1.82) is 0 Å². The molecule has 3 aromatic heterocycles. The first-order chi connectivity index (χ1) is 13.1. The highest BCUT2D eigenvalue weighted by Crippen LogP contribution is 2.24. The maximum Gasteiger partial charge on any atom is 0.270 e. The van der Waals surface area contributed by atoms with Crippen LogP contribution in [0.5, 0.6) is 0 Å². The van der Waals surface area contributed by atoms with Crippen molar-refractivity contribution >= 4 is 5.91 Å². The van der Waals surface area contributed by atoms with Gasteiger partial charge in [-0.2, -0.15) is 5.10 Å². The molecule has 1 amide bonds. The Morgan fingerprint density at radius 3 is 2.59 bits per heavy atom. The number of benzene rings is 1.